The zero-order chi connectivity index (χ0) is 33.2. The number of hydrogen-bond acceptors (Lipinski definition) is 6. The Morgan fingerprint density at radius 2 is 1.12 bits per heavy atom. The first kappa shape index (κ1) is 31.0. The van der Waals surface area contributed by atoms with E-state index in [9.17, 15) is 0 Å². The van der Waals surface area contributed by atoms with Crippen LogP contribution >= 0.6 is 0 Å². The van der Waals surface area contributed by atoms with Gasteiger partial charge in [-0.2, -0.15) is 0 Å². The maximum Gasteiger partial charge on any atom is 0.151 e. The van der Waals surface area contributed by atoms with E-state index in [4.69, 9.17) is 9.97 Å². The Morgan fingerprint density at radius 3 is 1.59 bits per heavy atom. The van der Waals surface area contributed by atoms with E-state index >= 15 is 8.78 Å². The lowest BCUT2D eigenvalue weighted by Gasteiger charge is -2.41. The topological polar surface area (TPSA) is 87.9 Å². The van der Waals surface area contributed by atoms with Crippen LogP contribution in [-0.2, 0) is 0 Å². The van der Waals surface area contributed by atoms with Gasteiger partial charge in [0.1, 0.15) is 17.3 Å². The Hall–Kier alpha value is -4.02. The van der Waals surface area contributed by atoms with Gasteiger partial charge in [0, 0.05) is 17.8 Å². The second kappa shape index (κ2) is 12.4. The number of imidazole rings is 2. The summed E-state index contributed by atoms with van der Waals surface area (Å²) < 4.78 is 32.7. The molecule has 0 unspecified atom stereocenters. The fourth-order valence-corrected chi connectivity index (χ4v) is 9.31. The molecular formula is C39H46F2N8. The highest BCUT2D eigenvalue weighted by Crippen LogP contribution is 2.49. The van der Waals surface area contributed by atoms with Crippen LogP contribution in [0.1, 0.15) is 119 Å². The molecule has 4 saturated heterocycles. The lowest BCUT2D eigenvalue weighted by Crippen LogP contribution is -2.44. The maximum atomic E-state index is 16.3. The van der Waals surface area contributed by atoms with Crippen molar-refractivity contribution in [2.24, 2.45) is 0 Å². The van der Waals surface area contributed by atoms with Crippen LogP contribution in [0.25, 0.3) is 22.1 Å². The van der Waals surface area contributed by atoms with E-state index < -0.39 is 11.6 Å². The largest absolute Gasteiger partial charge is 0.361 e. The molecule has 4 N–H and O–H groups in total. The molecular weight excluding hydrogens is 618 g/mol. The van der Waals surface area contributed by atoms with Crippen molar-refractivity contribution in [1.29, 1.82) is 0 Å². The Morgan fingerprint density at radius 1 is 0.612 bits per heavy atom. The van der Waals surface area contributed by atoms with Crippen LogP contribution in [0.5, 0.6) is 0 Å². The van der Waals surface area contributed by atoms with Crippen LogP contribution in [0, 0.1) is 11.6 Å². The van der Waals surface area contributed by atoms with E-state index in [0.717, 1.165) is 116 Å². The predicted octanol–water partition coefficient (Wildman–Crippen LogP) is 8.42. The number of piperidine rings is 1. The Bertz CT molecular complexity index is 1850. The van der Waals surface area contributed by atoms with Crippen molar-refractivity contribution in [1.82, 2.24) is 30.6 Å². The third-order valence-corrected chi connectivity index (χ3v) is 11.7. The molecule has 0 amide bonds. The van der Waals surface area contributed by atoms with E-state index in [1.807, 2.05) is 4.90 Å². The SMILES string of the molecule is C[C@@H]1CCC[C@H](C)N1c1c(F)cc(N2[C@@H](c3ccc4nc([C@@H]5CCCN5)[nH]c4c3)CC[C@H]2c2ccc3nc([C@@H]4CCCN4)[nH]c3c2)cc1F. The molecule has 10 heteroatoms. The van der Waals surface area contributed by atoms with Gasteiger partial charge in [0.2, 0.25) is 0 Å². The van der Waals surface area contributed by atoms with Gasteiger partial charge >= 0.3 is 0 Å². The van der Waals surface area contributed by atoms with Crippen molar-refractivity contribution in [3.05, 3.63) is 82.9 Å². The molecule has 0 radical (unpaired) electrons. The van der Waals surface area contributed by atoms with Gasteiger partial charge in [-0.3, -0.25) is 0 Å². The van der Waals surface area contributed by atoms with Crippen LogP contribution in [0.2, 0.25) is 0 Å². The predicted molar refractivity (Wildman–Crippen MR) is 191 cm³/mol. The normalized spacial score (nSPS) is 27.7. The number of rotatable bonds is 6. The van der Waals surface area contributed by atoms with E-state index in [2.05, 4.69) is 75.7 Å². The molecule has 0 spiro atoms. The smallest absolute Gasteiger partial charge is 0.151 e. The number of nitrogens with zero attached hydrogens (tertiary/aromatic N) is 4. The fraction of sp³-hybridized carbons (Fsp3) is 0.487. The first-order valence-electron chi connectivity index (χ1n) is 18.4. The number of halogens is 2. The minimum Gasteiger partial charge on any atom is -0.361 e. The molecule has 6 atom stereocenters. The highest BCUT2D eigenvalue weighted by molar-refractivity contribution is 5.78. The fourth-order valence-electron chi connectivity index (χ4n) is 9.31. The molecule has 9 rings (SSSR count). The molecule has 3 aromatic carbocycles. The lowest BCUT2D eigenvalue weighted by atomic mass is 9.96. The number of fused-ring (bicyclic) bond motifs is 2. The molecule has 0 bridgehead atoms. The second-order valence-corrected chi connectivity index (χ2v) is 14.9. The van der Waals surface area contributed by atoms with Crippen LogP contribution in [-0.4, -0.2) is 45.1 Å². The number of aromatic amines is 2. The van der Waals surface area contributed by atoms with Gasteiger partial charge in [-0.15, -0.1) is 0 Å². The molecule has 2 aromatic heterocycles. The van der Waals surface area contributed by atoms with Gasteiger partial charge in [0.25, 0.3) is 0 Å². The number of H-pyrrole nitrogens is 2. The zero-order valence-electron chi connectivity index (χ0n) is 28.4. The summed E-state index contributed by atoms with van der Waals surface area (Å²) in [5.41, 5.74) is 6.79. The van der Waals surface area contributed by atoms with E-state index in [1.54, 1.807) is 12.1 Å². The van der Waals surface area contributed by atoms with Crippen LogP contribution < -0.4 is 20.4 Å². The molecule has 8 nitrogen and oxygen atoms in total. The van der Waals surface area contributed by atoms with E-state index in [1.165, 1.54) is 0 Å². The summed E-state index contributed by atoms with van der Waals surface area (Å²) >= 11 is 0. The van der Waals surface area contributed by atoms with Crippen molar-refractivity contribution < 1.29 is 8.78 Å². The molecule has 0 aliphatic carbocycles. The lowest BCUT2D eigenvalue weighted by molar-refractivity contribution is 0.401. The molecule has 6 heterocycles. The first-order valence-corrected chi connectivity index (χ1v) is 18.4. The molecule has 4 aliphatic rings. The van der Waals surface area contributed by atoms with Crippen LogP contribution in [0.4, 0.5) is 20.2 Å². The van der Waals surface area contributed by atoms with Gasteiger partial charge in [-0.05, 0) is 132 Å². The zero-order valence-corrected chi connectivity index (χ0v) is 28.4. The Balaban J connectivity index is 1.11. The summed E-state index contributed by atoms with van der Waals surface area (Å²) in [6, 6.07) is 16.5. The Kier molecular flexibility index (Phi) is 7.84. The van der Waals surface area contributed by atoms with Crippen LogP contribution in [0.3, 0.4) is 0 Å². The van der Waals surface area contributed by atoms with Gasteiger partial charge < -0.3 is 30.4 Å². The maximum absolute atomic E-state index is 16.3. The number of hydrogen-bond donors (Lipinski definition) is 4. The Labute approximate surface area is 286 Å². The molecule has 49 heavy (non-hydrogen) atoms. The quantitative estimate of drug-likeness (QED) is 0.146. The monoisotopic (exact) mass is 664 g/mol. The third-order valence-electron chi connectivity index (χ3n) is 11.7. The second-order valence-electron chi connectivity index (χ2n) is 14.9. The number of nitrogens with one attached hydrogen (secondary N) is 4. The van der Waals surface area contributed by atoms with Crippen LogP contribution in [0.15, 0.2) is 48.5 Å². The minimum absolute atomic E-state index is 0.0704. The summed E-state index contributed by atoms with van der Waals surface area (Å²) in [5, 5.41) is 7.09. The van der Waals surface area contributed by atoms with Gasteiger partial charge in [-0.1, -0.05) is 12.1 Å². The minimum atomic E-state index is -0.490. The first-order chi connectivity index (χ1) is 23.9. The molecule has 4 fully saturated rings. The summed E-state index contributed by atoms with van der Waals surface area (Å²) in [6.45, 7) is 6.18. The standard InChI is InChI=1S/C39H46F2N8/c1-22-6-3-7-23(2)48(22)37-27(40)20-26(21-28(37)41)49-35(24-10-12-29-33(18-24)46-38(44-29)31-8-4-16-42-31)14-15-36(49)25-11-13-30-34(19-25)47-39(45-30)32-9-5-17-43-32/h10-13,18-23,31-32,35-36,42-43H,3-9,14-17H2,1-2H3,(H,44,46)(H,45,47)/t22-,23+,31-,32-,35-,36+/m0/s1. The average molecular weight is 665 g/mol. The highest BCUT2D eigenvalue weighted by atomic mass is 19.1. The molecule has 4 aliphatic heterocycles. The van der Waals surface area contributed by atoms with Crippen molar-refractivity contribution in [2.45, 2.75) is 108 Å². The number of benzene rings is 3. The van der Waals surface area contributed by atoms with Gasteiger partial charge in [-0.25, -0.2) is 18.7 Å². The van der Waals surface area contributed by atoms with Crippen molar-refractivity contribution >= 4 is 33.4 Å². The highest BCUT2D eigenvalue weighted by Gasteiger charge is 2.38. The summed E-state index contributed by atoms with van der Waals surface area (Å²) in [6.07, 6.45) is 9.10. The van der Waals surface area contributed by atoms with E-state index in [0.29, 0.717) is 5.69 Å². The van der Waals surface area contributed by atoms with Gasteiger partial charge in [0.05, 0.1) is 46.2 Å². The average Bonchev–Trinajstić information content (AvgIpc) is 3.93. The summed E-state index contributed by atoms with van der Waals surface area (Å²) in [4.78, 5) is 21.2. The summed E-state index contributed by atoms with van der Waals surface area (Å²) in [5.74, 6) is 0.976. The van der Waals surface area contributed by atoms with E-state index in [-0.39, 0.29) is 41.9 Å². The number of aromatic nitrogens is 4. The van der Waals surface area contributed by atoms with Crippen molar-refractivity contribution in [3.63, 3.8) is 0 Å². The molecule has 256 valence electrons. The molecule has 5 aromatic rings. The van der Waals surface area contributed by atoms with Gasteiger partial charge in [0.15, 0.2) is 11.6 Å². The summed E-state index contributed by atoms with van der Waals surface area (Å²) in [7, 11) is 0. The molecule has 0 saturated carbocycles. The third kappa shape index (κ3) is 5.48. The number of anilines is 2. The van der Waals surface area contributed by atoms with Crippen molar-refractivity contribution in [3.8, 4) is 0 Å². The van der Waals surface area contributed by atoms with Crippen molar-refractivity contribution in [2.75, 3.05) is 22.9 Å².